The minimum atomic E-state index is -1.34. The zero-order chi connectivity index (χ0) is 26.2. The van der Waals surface area contributed by atoms with E-state index in [4.69, 9.17) is 24.1 Å². The fraction of sp³-hybridized carbons (Fsp3) is 0.346. The Hall–Kier alpha value is -3.85. The number of benzene rings is 2. The highest BCUT2D eigenvalue weighted by molar-refractivity contribution is 6.03. The molecule has 0 aliphatic rings. The maximum atomic E-state index is 13.1. The molecule has 2 aromatic rings. The first-order chi connectivity index (χ1) is 16.6. The third-order valence-corrected chi connectivity index (χ3v) is 5.93. The largest absolute Gasteiger partial charge is 0.493 e. The predicted octanol–water partition coefficient (Wildman–Crippen LogP) is 3.45. The van der Waals surface area contributed by atoms with Gasteiger partial charge in [0.05, 0.1) is 26.9 Å². The molecule has 0 saturated carbocycles. The lowest BCUT2D eigenvalue weighted by molar-refractivity contribution is -0.134. The Kier molecular flexibility index (Phi) is 9.42. The van der Waals surface area contributed by atoms with E-state index in [1.54, 1.807) is 0 Å². The van der Waals surface area contributed by atoms with Crippen LogP contribution in [0.5, 0.6) is 17.2 Å². The van der Waals surface area contributed by atoms with Crippen molar-refractivity contribution in [3.05, 3.63) is 65.2 Å². The molecule has 35 heavy (non-hydrogen) atoms. The smallest absolute Gasteiger partial charge is 0.346 e. The molecule has 1 N–H and O–H groups in total. The zero-order valence-corrected chi connectivity index (χ0v) is 20.8. The number of rotatable bonds is 11. The van der Waals surface area contributed by atoms with Gasteiger partial charge in [-0.1, -0.05) is 37.3 Å². The maximum Gasteiger partial charge on any atom is 0.346 e. The fourth-order valence-corrected chi connectivity index (χ4v) is 4.10. The molecule has 0 aromatic heterocycles. The summed E-state index contributed by atoms with van der Waals surface area (Å²) in [5.41, 5.74) is 0.942. The van der Waals surface area contributed by atoms with Gasteiger partial charge in [-0.3, -0.25) is 4.90 Å². The van der Waals surface area contributed by atoms with E-state index in [0.717, 1.165) is 5.56 Å². The molecular formula is C26H31NO8. The van der Waals surface area contributed by atoms with E-state index in [1.807, 2.05) is 51.4 Å². The monoisotopic (exact) mass is 485 g/mol. The second-order valence-corrected chi connectivity index (χ2v) is 7.87. The summed E-state index contributed by atoms with van der Waals surface area (Å²) in [4.78, 5) is 38.0. The number of carboxylic acid groups (broad SMARTS) is 1. The average molecular weight is 486 g/mol. The van der Waals surface area contributed by atoms with Gasteiger partial charge in [-0.15, -0.1) is 0 Å². The lowest BCUT2D eigenvalue weighted by Crippen LogP contribution is -2.43. The van der Waals surface area contributed by atoms with Gasteiger partial charge in [0.2, 0.25) is 5.75 Å². The molecule has 0 aliphatic heterocycles. The van der Waals surface area contributed by atoms with Crippen molar-refractivity contribution in [2.24, 2.45) is 0 Å². The number of ether oxygens (including phenoxy) is 4. The topological polar surface area (TPSA) is 112 Å². The highest BCUT2D eigenvalue weighted by atomic mass is 16.6. The first-order valence-corrected chi connectivity index (χ1v) is 10.9. The Bertz CT molecular complexity index is 1090. The van der Waals surface area contributed by atoms with Crippen LogP contribution in [0, 0.1) is 0 Å². The molecule has 0 saturated heterocycles. The summed E-state index contributed by atoms with van der Waals surface area (Å²) in [5.74, 6) is -2.67. The van der Waals surface area contributed by atoms with Gasteiger partial charge in [0.15, 0.2) is 11.5 Å². The number of nitrogens with zero attached hydrogens (tertiary/aromatic N) is 1. The Morgan fingerprint density at radius 3 is 2.09 bits per heavy atom. The number of likely N-dealkylation sites (N-methyl/N-ethyl adjacent to an activating group) is 1. The average Bonchev–Trinajstić information content (AvgIpc) is 2.85. The van der Waals surface area contributed by atoms with Crippen LogP contribution in [-0.4, -0.2) is 63.3 Å². The highest BCUT2D eigenvalue weighted by Crippen LogP contribution is 2.46. The number of carboxylic acids is 1. The number of hydrogen-bond donors (Lipinski definition) is 1. The molecule has 2 rings (SSSR count). The van der Waals surface area contributed by atoms with Crippen molar-refractivity contribution < 1.29 is 38.4 Å². The number of aliphatic carboxylic acids is 1. The van der Waals surface area contributed by atoms with Crippen LogP contribution in [0.2, 0.25) is 0 Å². The number of carbonyl (C=O) groups excluding carboxylic acids is 2. The summed E-state index contributed by atoms with van der Waals surface area (Å²) in [5, 5.41) is 8.74. The third-order valence-electron chi connectivity index (χ3n) is 5.93. The molecule has 9 heteroatoms. The maximum absolute atomic E-state index is 13.1. The van der Waals surface area contributed by atoms with Gasteiger partial charge < -0.3 is 24.1 Å². The van der Waals surface area contributed by atoms with Gasteiger partial charge in [-0.05, 0) is 38.6 Å². The number of esters is 2. The fourth-order valence-electron chi connectivity index (χ4n) is 4.10. The quantitative estimate of drug-likeness (QED) is 0.291. The van der Waals surface area contributed by atoms with Crippen LogP contribution in [-0.2, 0) is 26.3 Å². The highest BCUT2D eigenvalue weighted by Gasteiger charge is 2.37. The second kappa shape index (κ2) is 12.0. The number of hydrogen-bond acceptors (Lipinski definition) is 8. The molecule has 0 heterocycles. The van der Waals surface area contributed by atoms with Crippen LogP contribution < -0.4 is 14.2 Å². The van der Waals surface area contributed by atoms with E-state index in [9.17, 15) is 14.4 Å². The van der Waals surface area contributed by atoms with Crippen molar-refractivity contribution in [2.75, 3.05) is 35.4 Å². The molecule has 1 unspecified atom stereocenters. The summed E-state index contributed by atoms with van der Waals surface area (Å²) >= 11 is 0. The van der Waals surface area contributed by atoms with Gasteiger partial charge in [0.25, 0.3) is 0 Å². The molecule has 9 nitrogen and oxygen atoms in total. The first-order valence-electron chi connectivity index (χ1n) is 10.9. The van der Waals surface area contributed by atoms with Crippen molar-refractivity contribution in [1.82, 2.24) is 4.90 Å². The molecule has 0 radical (unpaired) electrons. The van der Waals surface area contributed by atoms with E-state index in [-0.39, 0.29) is 22.8 Å². The summed E-state index contributed by atoms with van der Waals surface area (Å²) in [6, 6.07) is 11.3. The molecule has 0 amide bonds. The molecular weight excluding hydrogens is 454 g/mol. The van der Waals surface area contributed by atoms with Gasteiger partial charge >= 0.3 is 17.9 Å². The molecule has 0 aliphatic carbocycles. The van der Waals surface area contributed by atoms with E-state index in [2.05, 4.69) is 4.90 Å². The van der Waals surface area contributed by atoms with Crippen molar-refractivity contribution in [2.45, 2.75) is 25.3 Å². The standard InChI is InChI=1S/C26H31NO8/c1-7-26(27(2)3,17-11-9-8-10-12-17)16-19-18(25(31)35-22(30)14-13-21(28)29)15-20(32-4)24(34-6)23(19)33-5/h8-15H,7,16H2,1-6H3,(H,28,29)/b14-13-. The van der Waals surface area contributed by atoms with E-state index < -0.39 is 23.4 Å². The molecule has 0 spiro atoms. The Morgan fingerprint density at radius 2 is 1.60 bits per heavy atom. The van der Waals surface area contributed by atoms with Crippen molar-refractivity contribution in [3.8, 4) is 17.2 Å². The van der Waals surface area contributed by atoms with E-state index in [0.29, 0.717) is 30.6 Å². The molecule has 0 bridgehead atoms. The van der Waals surface area contributed by atoms with Crippen LogP contribution in [0.4, 0.5) is 0 Å². The lowest BCUT2D eigenvalue weighted by atomic mass is 9.79. The van der Waals surface area contributed by atoms with Crippen LogP contribution in [0.3, 0.4) is 0 Å². The minimum absolute atomic E-state index is 0.0344. The van der Waals surface area contributed by atoms with Gasteiger partial charge in [0.1, 0.15) is 0 Å². The Labute approximate surface area is 204 Å². The van der Waals surface area contributed by atoms with Gasteiger partial charge in [0, 0.05) is 23.3 Å². The summed E-state index contributed by atoms with van der Waals surface area (Å²) < 4.78 is 21.5. The Balaban J connectivity index is 2.75. The molecule has 188 valence electrons. The third kappa shape index (κ3) is 5.99. The van der Waals surface area contributed by atoms with Crippen LogP contribution >= 0.6 is 0 Å². The number of methoxy groups -OCH3 is 3. The summed E-state index contributed by atoms with van der Waals surface area (Å²) in [6.45, 7) is 2.04. The van der Waals surface area contributed by atoms with Crippen LogP contribution in [0.1, 0.15) is 34.8 Å². The SMILES string of the molecule is CCC(Cc1c(C(=O)OC(=O)/C=C\C(=O)O)cc(OC)c(OC)c1OC)(c1ccccc1)N(C)C. The van der Waals surface area contributed by atoms with Crippen LogP contribution in [0.25, 0.3) is 0 Å². The molecule has 2 aromatic carbocycles. The Morgan fingerprint density at radius 1 is 0.971 bits per heavy atom. The number of carbonyl (C=O) groups is 3. The van der Waals surface area contributed by atoms with Crippen molar-refractivity contribution >= 4 is 17.9 Å². The summed E-state index contributed by atoms with van der Waals surface area (Å²) in [6.07, 6.45) is 2.23. The molecule has 1 atom stereocenters. The van der Waals surface area contributed by atoms with E-state index >= 15 is 0 Å². The first kappa shape index (κ1) is 27.4. The zero-order valence-electron chi connectivity index (χ0n) is 20.8. The normalized spacial score (nSPS) is 12.8. The van der Waals surface area contributed by atoms with Crippen LogP contribution in [0.15, 0.2) is 48.6 Å². The van der Waals surface area contributed by atoms with Crippen molar-refractivity contribution in [3.63, 3.8) is 0 Å². The summed E-state index contributed by atoms with van der Waals surface area (Å²) in [7, 11) is 8.21. The predicted molar refractivity (Wildman–Crippen MR) is 129 cm³/mol. The van der Waals surface area contributed by atoms with E-state index in [1.165, 1.54) is 27.4 Å². The second-order valence-electron chi connectivity index (χ2n) is 7.87. The molecule has 0 fully saturated rings. The minimum Gasteiger partial charge on any atom is -0.493 e. The van der Waals surface area contributed by atoms with Crippen molar-refractivity contribution in [1.29, 1.82) is 0 Å². The van der Waals surface area contributed by atoms with Gasteiger partial charge in [-0.25, -0.2) is 14.4 Å². The van der Waals surface area contributed by atoms with Gasteiger partial charge in [-0.2, -0.15) is 0 Å². The lowest BCUT2D eigenvalue weighted by Gasteiger charge is -2.41.